The Hall–Kier alpha value is -2.75. The van der Waals surface area contributed by atoms with Gasteiger partial charge in [-0.1, -0.05) is 6.58 Å². The van der Waals surface area contributed by atoms with Gasteiger partial charge in [0.2, 0.25) is 10.0 Å². The molecule has 1 fully saturated rings. The Bertz CT molecular complexity index is 1190. The van der Waals surface area contributed by atoms with E-state index in [-0.39, 0.29) is 10.1 Å². The minimum atomic E-state index is -4.18. The molecule has 0 amide bonds. The molecule has 1 aliphatic rings. The number of rotatable bonds is 7. The van der Waals surface area contributed by atoms with Gasteiger partial charge in [-0.15, -0.1) is 0 Å². The zero-order valence-electron chi connectivity index (χ0n) is 16.1. The second-order valence-electron chi connectivity index (χ2n) is 7.30. The zero-order valence-corrected chi connectivity index (χ0v) is 16.9. The number of alkyl halides is 2. The van der Waals surface area contributed by atoms with E-state index in [9.17, 15) is 17.2 Å². The van der Waals surface area contributed by atoms with Gasteiger partial charge in [-0.2, -0.15) is 13.1 Å². The van der Waals surface area contributed by atoms with Gasteiger partial charge in [-0.3, -0.25) is 0 Å². The molecule has 0 unspecified atom stereocenters. The van der Waals surface area contributed by atoms with Crippen LogP contribution in [0.2, 0.25) is 0 Å². The number of fused-ring (bicyclic) bond motifs is 1. The maximum atomic E-state index is 13.4. The average Bonchev–Trinajstić information content (AvgIpc) is 3.27. The summed E-state index contributed by atoms with van der Waals surface area (Å²) in [5, 5.41) is 0.731. The summed E-state index contributed by atoms with van der Waals surface area (Å²) in [6, 6.07) is 4.81. The van der Waals surface area contributed by atoms with Crippen LogP contribution in [0.3, 0.4) is 0 Å². The van der Waals surface area contributed by atoms with Crippen molar-refractivity contribution >= 4 is 33.0 Å². The standard InChI is InChI=1S/C19H21F2N5O2S/c1-4-15-22-11(2)17(23-15)14-9-13-7-8-16(26(19(20)21)29(3,27)28)24-18(13)25(14)10-12-5-6-12/h4,7-9,12,19H,1,5-6,10H2,2-3H3,(H,22,23). The van der Waals surface area contributed by atoms with Crippen LogP contribution in [-0.2, 0) is 16.6 Å². The first-order chi connectivity index (χ1) is 13.7. The number of pyridine rings is 1. The van der Waals surface area contributed by atoms with Gasteiger partial charge in [0, 0.05) is 17.6 Å². The first-order valence-electron chi connectivity index (χ1n) is 9.16. The molecule has 29 heavy (non-hydrogen) atoms. The number of H-pyrrole nitrogens is 1. The van der Waals surface area contributed by atoms with Gasteiger partial charge in [-0.05, 0) is 50.0 Å². The van der Waals surface area contributed by atoms with Crippen LogP contribution < -0.4 is 4.31 Å². The van der Waals surface area contributed by atoms with E-state index in [0.717, 1.165) is 41.6 Å². The third kappa shape index (κ3) is 3.64. The van der Waals surface area contributed by atoms with Crippen molar-refractivity contribution in [1.82, 2.24) is 19.5 Å². The molecule has 3 heterocycles. The summed E-state index contributed by atoms with van der Waals surface area (Å²) in [4.78, 5) is 12.0. The number of nitrogens with zero attached hydrogens (tertiary/aromatic N) is 4. The van der Waals surface area contributed by atoms with Crippen molar-refractivity contribution in [2.45, 2.75) is 32.9 Å². The Labute approximate surface area is 167 Å². The molecule has 0 aliphatic heterocycles. The van der Waals surface area contributed by atoms with Gasteiger partial charge in [0.1, 0.15) is 23.0 Å². The minimum absolute atomic E-state index is 0.0379. The molecular formula is C19H21F2N5O2S. The number of nitrogens with one attached hydrogen (secondary N) is 1. The fourth-order valence-corrected chi connectivity index (χ4v) is 4.15. The smallest absolute Gasteiger partial charge is 0.329 e. The molecule has 1 N–H and O–H groups in total. The summed E-state index contributed by atoms with van der Waals surface area (Å²) in [7, 11) is -4.18. The van der Waals surface area contributed by atoms with Crippen molar-refractivity contribution in [2.75, 3.05) is 10.6 Å². The minimum Gasteiger partial charge on any atom is -0.342 e. The van der Waals surface area contributed by atoms with E-state index in [4.69, 9.17) is 0 Å². The zero-order chi connectivity index (χ0) is 20.9. The van der Waals surface area contributed by atoms with Crippen molar-refractivity contribution < 1.29 is 17.2 Å². The second kappa shape index (κ2) is 6.94. The van der Waals surface area contributed by atoms with E-state index in [1.807, 2.05) is 17.6 Å². The lowest BCUT2D eigenvalue weighted by Gasteiger charge is -2.20. The molecule has 3 aromatic rings. The Morgan fingerprint density at radius 1 is 1.38 bits per heavy atom. The van der Waals surface area contributed by atoms with Gasteiger partial charge >= 0.3 is 6.55 Å². The molecule has 0 atom stereocenters. The molecule has 0 aromatic carbocycles. The van der Waals surface area contributed by atoms with E-state index >= 15 is 0 Å². The summed E-state index contributed by atoms with van der Waals surface area (Å²) in [6.07, 6.45) is 4.53. The highest BCUT2D eigenvalue weighted by Crippen LogP contribution is 2.36. The van der Waals surface area contributed by atoms with Crippen LogP contribution >= 0.6 is 0 Å². The fraction of sp³-hybridized carbons (Fsp3) is 0.368. The molecule has 154 valence electrons. The number of aromatic nitrogens is 4. The predicted octanol–water partition coefficient (Wildman–Crippen LogP) is 3.78. The first kappa shape index (κ1) is 19.6. The normalized spacial score (nSPS) is 14.7. The summed E-state index contributed by atoms with van der Waals surface area (Å²) in [6.45, 7) is 3.07. The summed E-state index contributed by atoms with van der Waals surface area (Å²) in [5.74, 6) is 0.812. The number of imidazole rings is 1. The number of sulfonamides is 1. The first-order valence-corrected chi connectivity index (χ1v) is 11.0. The Morgan fingerprint density at radius 3 is 2.66 bits per heavy atom. The third-order valence-electron chi connectivity index (χ3n) is 4.97. The van der Waals surface area contributed by atoms with E-state index in [0.29, 0.717) is 23.9 Å². The molecule has 3 aromatic heterocycles. The lowest BCUT2D eigenvalue weighted by atomic mass is 10.2. The second-order valence-corrected chi connectivity index (χ2v) is 9.16. The van der Waals surface area contributed by atoms with Crippen LogP contribution in [0.1, 0.15) is 24.4 Å². The van der Waals surface area contributed by atoms with Gasteiger partial charge in [0.15, 0.2) is 0 Å². The highest BCUT2D eigenvalue weighted by molar-refractivity contribution is 7.92. The Kier molecular flexibility index (Phi) is 4.68. The van der Waals surface area contributed by atoms with Gasteiger partial charge in [0.25, 0.3) is 0 Å². The molecule has 1 saturated carbocycles. The van der Waals surface area contributed by atoms with Crippen molar-refractivity contribution in [2.24, 2.45) is 5.92 Å². The molecule has 0 bridgehead atoms. The molecule has 0 radical (unpaired) electrons. The maximum Gasteiger partial charge on any atom is 0.329 e. The third-order valence-corrected chi connectivity index (χ3v) is 6.03. The van der Waals surface area contributed by atoms with Crippen LogP contribution in [0.4, 0.5) is 14.6 Å². The largest absolute Gasteiger partial charge is 0.342 e. The topological polar surface area (TPSA) is 83.9 Å². The summed E-state index contributed by atoms with van der Waals surface area (Å²) in [5.41, 5.74) is 2.85. The van der Waals surface area contributed by atoms with Crippen molar-refractivity contribution in [3.63, 3.8) is 0 Å². The monoisotopic (exact) mass is 421 g/mol. The summed E-state index contributed by atoms with van der Waals surface area (Å²) < 4.78 is 52.6. The number of aromatic amines is 1. The van der Waals surface area contributed by atoms with Crippen LogP contribution in [0.25, 0.3) is 28.5 Å². The van der Waals surface area contributed by atoms with E-state index in [2.05, 4.69) is 21.5 Å². The van der Waals surface area contributed by atoms with Crippen LogP contribution in [0, 0.1) is 12.8 Å². The average molecular weight is 421 g/mol. The fourth-order valence-electron chi connectivity index (χ4n) is 3.42. The molecule has 0 spiro atoms. The van der Waals surface area contributed by atoms with Gasteiger partial charge in [-0.25, -0.2) is 18.4 Å². The Balaban J connectivity index is 1.92. The van der Waals surface area contributed by atoms with Crippen LogP contribution in [0.5, 0.6) is 0 Å². The van der Waals surface area contributed by atoms with Crippen molar-refractivity contribution in [3.8, 4) is 11.4 Å². The van der Waals surface area contributed by atoms with Crippen LogP contribution in [-0.4, -0.2) is 40.7 Å². The van der Waals surface area contributed by atoms with Crippen LogP contribution in [0.15, 0.2) is 24.8 Å². The quantitative estimate of drug-likeness (QED) is 0.589. The van der Waals surface area contributed by atoms with Gasteiger partial charge < -0.3 is 9.55 Å². The lowest BCUT2D eigenvalue weighted by molar-refractivity contribution is 0.161. The van der Waals surface area contributed by atoms with E-state index in [1.165, 1.54) is 6.07 Å². The number of hydrogen-bond acceptors (Lipinski definition) is 4. The number of hydrogen-bond donors (Lipinski definition) is 1. The highest BCUT2D eigenvalue weighted by atomic mass is 32.2. The molecule has 1 aliphatic carbocycles. The lowest BCUT2D eigenvalue weighted by Crippen LogP contribution is -2.35. The number of anilines is 1. The van der Waals surface area contributed by atoms with E-state index in [1.54, 1.807) is 12.1 Å². The van der Waals surface area contributed by atoms with Gasteiger partial charge in [0.05, 0.1) is 11.9 Å². The van der Waals surface area contributed by atoms with Crippen molar-refractivity contribution in [3.05, 3.63) is 36.3 Å². The van der Waals surface area contributed by atoms with E-state index < -0.39 is 16.6 Å². The predicted molar refractivity (Wildman–Crippen MR) is 108 cm³/mol. The molecule has 0 saturated heterocycles. The molecule has 7 nitrogen and oxygen atoms in total. The molecule has 4 rings (SSSR count). The number of halogens is 2. The Morgan fingerprint density at radius 2 is 2.10 bits per heavy atom. The van der Waals surface area contributed by atoms with Crippen molar-refractivity contribution in [1.29, 1.82) is 0 Å². The molecular weight excluding hydrogens is 400 g/mol. The highest BCUT2D eigenvalue weighted by Gasteiger charge is 2.30. The summed E-state index contributed by atoms with van der Waals surface area (Å²) >= 11 is 0. The number of aryl methyl sites for hydroxylation is 1. The maximum absolute atomic E-state index is 13.4. The SMILES string of the molecule is C=Cc1nc(-c2cc3ccc(N(C(F)F)S(C)(=O)=O)nc3n2CC2CC2)c(C)[nH]1. The molecule has 10 heteroatoms.